The van der Waals surface area contributed by atoms with Gasteiger partial charge in [-0.15, -0.1) is 0 Å². The molecule has 15 rings (SSSR count). The Kier molecular flexibility index (Phi) is 29.6. The SMILES string of the molecule is O=C(O)C1C[C@@H](O[C@@H](CC[C@H]2C(=O)N(c3ccc(F)cc3)[C@@H]2c2ccc(-c3ccc(S(=O)(=O)C[C@@H]4OC(COCc5ccccc5)[C@H](O[C@@H]5OC(COCc6ccccc6)[C@H](OCc6ccccc6)[C@H](OCc6ccccc6)C5OCc5ccccc5)[C@H](OCc5ccccc5)C4OCc4ccccc4)cc3)cc2)c2ccc(F)cc2)C(O)[C@@H](O)[C@H]1O. The number of hydrogen-bond donors (Lipinski definition) is 4. The van der Waals surface area contributed by atoms with E-state index in [9.17, 15) is 38.8 Å². The minimum absolute atomic E-state index is 0.00381. The molecule has 3 aliphatic heterocycles. The third kappa shape index (κ3) is 22.0. The summed E-state index contributed by atoms with van der Waals surface area (Å²) in [6.07, 6.45) is -18.4. The molecule has 1 amide bonds. The van der Waals surface area contributed by atoms with E-state index in [2.05, 4.69) is 0 Å². The monoisotopic (exact) mass is 1680 g/mol. The Morgan fingerprint density at radius 2 is 0.828 bits per heavy atom. The van der Waals surface area contributed by atoms with E-state index in [0.717, 1.165) is 38.9 Å². The van der Waals surface area contributed by atoms with Gasteiger partial charge in [0.1, 0.15) is 78.8 Å². The molecular weight excluding hydrogens is 1580 g/mol. The summed E-state index contributed by atoms with van der Waals surface area (Å²) in [6.45, 7) is 0.726. The molecule has 634 valence electrons. The van der Waals surface area contributed by atoms with Crippen LogP contribution >= 0.6 is 0 Å². The van der Waals surface area contributed by atoms with Crippen LogP contribution in [0.15, 0.2) is 314 Å². The second-order valence-corrected chi connectivity index (χ2v) is 33.3. The third-order valence-corrected chi connectivity index (χ3v) is 24.7. The molecule has 0 aromatic heterocycles. The Balaban J connectivity index is 0.749. The summed E-state index contributed by atoms with van der Waals surface area (Å²) in [5.41, 5.74) is 9.05. The van der Waals surface area contributed by atoms with Crippen molar-refractivity contribution >= 4 is 27.4 Å². The molecule has 1 saturated carbocycles. The molecule has 11 aromatic carbocycles. The number of aliphatic hydroxyl groups excluding tert-OH is 3. The highest BCUT2D eigenvalue weighted by Gasteiger charge is 2.56. The van der Waals surface area contributed by atoms with Crippen LogP contribution in [-0.2, 0) is 118 Å². The summed E-state index contributed by atoms with van der Waals surface area (Å²) in [4.78, 5) is 28.3. The number of carboxylic acid groups (broad SMARTS) is 1. The predicted molar refractivity (Wildman–Crippen MR) is 451 cm³/mol. The molecule has 11 aromatic rings. The Bertz CT molecular complexity index is 5190. The van der Waals surface area contributed by atoms with Gasteiger partial charge < -0.3 is 77.4 Å². The lowest BCUT2D eigenvalue weighted by atomic mass is 9.77. The van der Waals surface area contributed by atoms with Gasteiger partial charge in [-0.05, 0) is 129 Å². The second-order valence-electron chi connectivity index (χ2n) is 31.3. The quantitative estimate of drug-likeness (QED) is 0.0262. The van der Waals surface area contributed by atoms with Crippen LogP contribution in [0, 0.1) is 23.5 Å². The lowest BCUT2D eigenvalue weighted by Crippen LogP contribution is -2.66. The number of β-lactam (4-membered cyclic amide) rings is 1. The van der Waals surface area contributed by atoms with E-state index in [0.29, 0.717) is 27.9 Å². The van der Waals surface area contributed by atoms with Crippen LogP contribution in [-0.4, -0.2) is 145 Å². The number of hydrogen-bond acceptors (Lipinski definition) is 18. The summed E-state index contributed by atoms with van der Waals surface area (Å²) in [5, 5.41) is 42.4. The number of halogens is 2. The molecule has 20 nitrogen and oxygen atoms in total. The Morgan fingerprint density at radius 1 is 0.434 bits per heavy atom. The van der Waals surface area contributed by atoms with Gasteiger partial charge in [0.15, 0.2) is 16.1 Å². The van der Waals surface area contributed by atoms with Crippen LogP contribution in [0.25, 0.3) is 11.1 Å². The van der Waals surface area contributed by atoms with Crippen molar-refractivity contribution in [3.63, 3.8) is 0 Å². The number of ether oxygens (including phenoxy) is 11. The van der Waals surface area contributed by atoms with Crippen molar-refractivity contribution in [2.75, 3.05) is 23.9 Å². The molecule has 1 aliphatic carbocycles. The molecule has 0 spiro atoms. The van der Waals surface area contributed by atoms with Crippen molar-refractivity contribution in [3.05, 3.63) is 371 Å². The summed E-state index contributed by atoms with van der Waals surface area (Å²) >= 11 is 0. The summed E-state index contributed by atoms with van der Waals surface area (Å²) in [6, 6.07) is 92.5. The number of aliphatic carboxylic acids is 1. The minimum atomic E-state index is -4.33. The van der Waals surface area contributed by atoms with Crippen molar-refractivity contribution < 1.29 is 99.3 Å². The minimum Gasteiger partial charge on any atom is -0.481 e. The molecule has 3 saturated heterocycles. The number of amides is 1. The van der Waals surface area contributed by atoms with Crippen molar-refractivity contribution in [2.24, 2.45) is 11.8 Å². The normalized spacial score (nSPS) is 25.0. The number of carboxylic acids is 1. The number of rotatable bonds is 38. The molecule has 0 bridgehead atoms. The number of carbonyl (C=O) groups excluding carboxylic acids is 1. The number of aliphatic hydroxyl groups is 3. The topological polar surface area (TPSA) is 254 Å². The zero-order chi connectivity index (χ0) is 84.3. The molecular formula is C99H99F2NO19S. The largest absolute Gasteiger partial charge is 0.481 e. The van der Waals surface area contributed by atoms with E-state index >= 15 is 8.42 Å². The Hall–Kier alpha value is -10.4. The average Bonchev–Trinajstić information content (AvgIpc) is 0.738. The van der Waals surface area contributed by atoms with Crippen LogP contribution in [0.4, 0.5) is 14.5 Å². The van der Waals surface area contributed by atoms with Crippen molar-refractivity contribution in [1.82, 2.24) is 0 Å². The molecule has 3 heterocycles. The standard InChI is InChI=1S/C99H99F2NO19S/c100-76-44-40-74(41-45-76)82(118-83-54-81(98(107)108)88(103)90(105)89(83)104)53-52-80-87(102(97(80)106)78-48-46-77(101)47-49-78)75-38-36-72(37-39-75)73-42-50-79(51-43-73)122(109,110)64-86-92(114-58-68-28-14-4-15-29-68)94(115-59-69-30-16-5-17-31-69)93(85(119-86)63-112-56-66-24-10-2-11-25-66)121-99-96(117-61-71-34-20-7-21-35-71)95(116-60-70-32-18-6-19-33-70)91(113-57-67-26-12-3-13-27-67)84(120-99)62-111-55-65-22-8-1-9-23-65/h1-51,80-96,99,103-105H,52-64H2,(H,107,108)/t80-,81?,82+,83-,84?,85?,86+,87-,88+,89?,90+,91+,92?,93+,94-,95+,96?,99+/m1/s1. The van der Waals surface area contributed by atoms with E-state index in [1.807, 2.05) is 237 Å². The van der Waals surface area contributed by atoms with Gasteiger partial charge in [0.2, 0.25) is 5.91 Å². The highest BCUT2D eigenvalue weighted by Crippen LogP contribution is 2.48. The highest BCUT2D eigenvalue weighted by molar-refractivity contribution is 7.91. The van der Waals surface area contributed by atoms with Crippen LogP contribution in [0.2, 0.25) is 0 Å². The lowest BCUT2D eigenvalue weighted by Gasteiger charge is -2.50. The van der Waals surface area contributed by atoms with Gasteiger partial charge in [0, 0.05) is 5.69 Å². The zero-order valence-corrected chi connectivity index (χ0v) is 67.9. The van der Waals surface area contributed by atoms with E-state index in [1.165, 1.54) is 48.5 Å². The van der Waals surface area contributed by atoms with Crippen molar-refractivity contribution in [1.29, 1.82) is 0 Å². The smallest absolute Gasteiger partial charge is 0.309 e. The van der Waals surface area contributed by atoms with E-state index in [-0.39, 0.29) is 89.5 Å². The van der Waals surface area contributed by atoms with E-state index < -0.39 is 143 Å². The molecule has 4 aliphatic rings. The fraction of sp³-hybridized carbons (Fsp3) is 0.313. The summed E-state index contributed by atoms with van der Waals surface area (Å²) < 4.78 is 138. The first kappa shape index (κ1) is 86.5. The molecule has 122 heavy (non-hydrogen) atoms. The molecule has 4 N–H and O–H groups in total. The van der Waals surface area contributed by atoms with Gasteiger partial charge >= 0.3 is 5.97 Å². The number of carbonyl (C=O) groups is 2. The third-order valence-electron chi connectivity index (χ3n) is 22.9. The van der Waals surface area contributed by atoms with E-state index in [1.54, 1.807) is 29.2 Å². The van der Waals surface area contributed by atoms with Crippen molar-refractivity contribution in [3.8, 4) is 11.1 Å². The molecule has 6 unspecified atom stereocenters. The number of sulfone groups is 1. The van der Waals surface area contributed by atoms with Gasteiger partial charge in [-0.3, -0.25) is 9.59 Å². The molecule has 23 heteroatoms. The van der Waals surface area contributed by atoms with Gasteiger partial charge in [0.25, 0.3) is 0 Å². The number of nitrogens with zero attached hydrogens (tertiary/aromatic N) is 1. The van der Waals surface area contributed by atoms with Gasteiger partial charge in [0.05, 0.1) is 106 Å². The Labute approximate surface area is 708 Å². The van der Waals surface area contributed by atoms with Gasteiger partial charge in [-0.2, -0.15) is 0 Å². The van der Waals surface area contributed by atoms with Crippen LogP contribution in [0.3, 0.4) is 0 Å². The summed E-state index contributed by atoms with van der Waals surface area (Å²) in [7, 11) is -4.33. The average molecular weight is 1680 g/mol. The number of anilines is 1. The van der Waals surface area contributed by atoms with Crippen LogP contribution < -0.4 is 4.90 Å². The maximum Gasteiger partial charge on any atom is 0.309 e. The fourth-order valence-corrected chi connectivity index (χ4v) is 17.9. The molecule has 4 fully saturated rings. The zero-order valence-electron chi connectivity index (χ0n) is 67.1. The summed E-state index contributed by atoms with van der Waals surface area (Å²) in [5.74, 6) is -5.49. The fourth-order valence-electron chi connectivity index (χ4n) is 16.5. The lowest BCUT2D eigenvalue weighted by molar-refractivity contribution is -0.362. The van der Waals surface area contributed by atoms with Gasteiger partial charge in [-0.25, -0.2) is 17.2 Å². The first-order chi connectivity index (χ1) is 59.5. The molecule has 0 radical (unpaired) electrons. The number of benzene rings is 11. The maximum absolute atomic E-state index is 15.7. The predicted octanol–water partition coefficient (Wildman–Crippen LogP) is 15.4. The van der Waals surface area contributed by atoms with Gasteiger partial charge in [-0.1, -0.05) is 261 Å². The van der Waals surface area contributed by atoms with Crippen LogP contribution in [0.1, 0.15) is 81.5 Å². The first-order valence-electron chi connectivity index (χ1n) is 41.2. The van der Waals surface area contributed by atoms with Crippen LogP contribution in [0.5, 0.6) is 0 Å². The maximum atomic E-state index is 15.7. The van der Waals surface area contributed by atoms with E-state index in [4.69, 9.17) is 52.1 Å². The highest BCUT2D eigenvalue weighted by atomic mass is 32.2. The molecule has 18 atom stereocenters. The second kappa shape index (κ2) is 41.7. The Morgan fingerprint density at radius 3 is 1.28 bits per heavy atom. The first-order valence-corrected chi connectivity index (χ1v) is 42.9. The van der Waals surface area contributed by atoms with Crippen molar-refractivity contribution in [2.45, 2.75) is 168 Å².